The molecule has 0 aliphatic carbocycles. The standard InChI is InChI=1S/C16H14ClFN4O4/c1-21(8-14(23)20-12-5-3-2-4-11(12)17)16(24)10-6-9(18)7-13(15(10)19)22(25)26/h2-7H,8,19H2,1H3,(H,20,23). The van der Waals surface area contributed by atoms with Crippen molar-refractivity contribution in [2.75, 3.05) is 24.6 Å². The fraction of sp³-hybridized carbons (Fsp3) is 0.125. The Hall–Kier alpha value is -3.20. The van der Waals surface area contributed by atoms with Gasteiger partial charge >= 0.3 is 0 Å². The summed E-state index contributed by atoms with van der Waals surface area (Å²) in [5.41, 5.74) is 4.36. The number of nitrogens with two attached hydrogens (primary N) is 1. The first-order valence-electron chi connectivity index (χ1n) is 7.24. The molecule has 3 N–H and O–H groups in total. The van der Waals surface area contributed by atoms with Gasteiger partial charge in [0, 0.05) is 7.05 Å². The molecule has 0 spiro atoms. The molecule has 0 aliphatic rings. The Morgan fingerprint density at radius 1 is 1.35 bits per heavy atom. The Morgan fingerprint density at radius 2 is 2.00 bits per heavy atom. The van der Waals surface area contributed by atoms with E-state index in [-0.39, 0.29) is 0 Å². The molecule has 8 nitrogen and oxygen atoms in total. The fourth-order valence-corrected chi connectivity index (χ4v) is 2.36. The van der Waals surface area contributed by atoms with Gasteiger partial charge in [-0.25, -0.2) is 4.39 Å². The second-order valence-electron chi connectivity index (χ2n) is 5.33. The molecule has 0 aliphatic heterocycles. The van der Waals surface area contributed by atoms with E-state index < -0.39 is 46.0 Å². The van der Waals surface area contributed by atoms with Crippen LogP contribution in [-0.4, -0.2) is 35.2 Å². The zero-order valence-corrected chi connectivity index (χ0v) is 14.3. The van der Waals surface area contributed by atoms with Gasteiger partial charge in [-0.3, -0.25) is 19.7 Å². The number of hydrogen-bond acceptors (Lipinski definition) is 5. The maximum Gasteiger partial charge on any atom is 0.295 e. The molecular formula is C16H14ClFN4O4. The van der Waals surface area contributed by atoms with Gasteiger partial charge in [0.05, 0.1) is 33.8 Å². The number of nitrogens with zero attached hydrogens (tertiary/aromatic N) is 2. The van der Waals surface area contributed by atoms with Crippen LogP contribution in [0.4, 0.5) is 21.5 Å². The normalized spacial score (nSPS) is 10.3. The second-order valence-corrected chi connectivity index (χ2v) is 5.74. The van der Waals surface area contributed by atoms with Crippen LogP contribution in [0.15, 0.2) is 36.4 Å². The summed E-state index contributed by atoms with van der Waals surface area (Å²) in [6, 6.07) is 7.92. The molecule has 26 heavy (non-hydrogen) atoms. The van der Waals surface area contributed by atoms with E-state index in [1.807, 2.05) is 0 Å². The van der Waals surface area contributed by atoms with Crippen LogP contribution in [0.25, 0.3) is 0 Å². The van der Waals surface area contributed by atoms with E-state index in [0.29, 0.717) is 16.8 Å². The highest BCUT2D eigenvalue weighted by atomic mass is 35.5. The number of halogens is 2. The highest BCUT2D eigenvalue weighted by molar-refractivity contribution is 6.33. The molecule has 0 aromatic heterocycles. The number of carbonyl (C=O) groups excluding carboxylic acids is 2. The average molecular weight is 381 g/mol. The Labute approximate surface area is 152 Å². The van der Waals surface area contributed by atoms with E-state index >= 15 is 0 Å². The van der Waals surface area contributed by atoms with Gasteiger partial charge in [0.15, 0.2) is 0 Å². The number of likely N-dealkylation sites (N-methyl/N-ethyl adjacent to an activating group) is 1. The third-order valence-corrected chi connectivity index (χ3v) is 3.76. The van der Waals surface area contributed by atoms with Crippen molar-refractivity contribution in [3.05, 3.63) is 62.9 Å². The predicted octanol–water partition coefficient (Wildman–Crippen LogP) is 2.68. The van der Waals surface area contributed by atoms with Crippen molar-refractivity contribution in [2.24, 2.45) is 0 Å². The molecular weight excluding hydrogens is 367 g/mol. The molecule has 2 amide bonds. The molecule has 0 atom stereocenters. The summed E-state index contributed by atoms with van der Waals surface area (Å²) >= 11 is 5.93. The molecule has 0 saturated carbocycles. The number of carbonyl (C=O) groups is 2. The summed E-state index contributed by atoms with van der Waals surface area (Å²) in [5, 5.41) is 13.7. The molecule has 0 heterocycles. The lowest BCUT2D eigenvalue weighted by Crippen LogP contribution is -2.35. The summed E-state index contributed by atoms with van der Waals surface area (Å²) in [4.78, 5) is 35.4. The van der Waals surface area contributed by atoms with Crippen LogP contribution in [0.1, 0.15) is 10.4 Å². The number of anilines is 2. The van der Waals surface area contributed by atoms with Crippen LogP contribution in [0.5, 0.6) is 0 Å². The predicted molar refractivity (Wildman–Crippen MR) is 94.5 cm³/mol. The van der Waals surface area contributed by atoms with Crippen LogP contribution in [0.3, 0.4) is 0 Å². The highest BCUT2D eigenvalue weighted by Crippen LogP contribution is 2.27. The number of nitrogen functional groups attached to an aromatic ring is 1. The van der Waals surface area contributed by atoms with Crippen LogP contribution in [-0.2, 0) is 4.79 Å². The van der Waals surface area contributed by atoms with Gasteiger partial charge in [-0.2, -0.15) is 0 Å². The summed E-state index contributed by atoms with van der Waals surface area (Å²) in [5.74, 6) is -2.37. The number of amides is 2. The Balaban J connectivity index is 2.16. The van der Waals surface area contributed by atoms with Gasteiger partial charge in [-0.15, -0.1) is 0 Å². The summed E-state index contributed by atoms with van der Waals surface area (Å²) in [7, 11) is 1.28. The lowest BCUT2D eigenvalue weighted by molar-refractivity contribution is -0.384. The molecule has 0 saturated heterocycles. The quantitative estimate of drug-likeness (QED) is 0.469. The number of hydrogen-bond donors (Lipinski definition) is 2. The summed E-state index contributed by atoms with van der Waals surface area (Å²) in [6.45, 7) is -0.395. The van der Waals surface area contributed by atoms with Gasteiger partial charge < -0.3 is 16.0 Å². The number of nitrogens with one attached hydrogen (secondary N) is 1. The van der Waals surface area contributed by atoms with Gasteiger partial charge in [0.2, 0.25) is 5.91 Å². The van der Waals surface area contributed by atoms with Crippen molar-refractivity contribution in [1.82, 2.24) is 4.90 Å². The molecule has 2 rings (SSSR count). The third kappa shape index (κ3) is 4.25. The maximum atomic E-state index is 13.6. The largest absolute Gasteiger partial charge is 0.393 e. The smallest absolute Gasteiger partial charge is 0.295 e. The molecule has 0 fully saturated rings. The third-order valence-electron chi connectivity index (χ3n) is 3.43. The van der Waals surface area contributed by atoms with Crippen LogP contribution in [0.2, 0.25) is 5.02 Å². The number of nitro benzene ring substituents is 1. The topological polar surface area (TPSA) is 119 Å². The lowest BCUT2D eigenvalue weighted by atomic mass is 10.1. The number of benzene rings is 2. The molecule has 0 bridgehead atoms. The van der Waals surface area contributed by atoms with E-state index in [0.717, 1.165) is 11.0 Å². The SMILES string of the molecule is CN(CC(=O)Nc1ccccc1Cl)C(=O)c1cc(F)cc([N+](=O)[O-])c1N. The number of rotatable bonds is 5. The summed E-state index contributed by atoms with van der Waals surface area (Å²) in [6.07, 6.45) is 0. The summed E-state index contributed by atoms with van der Waals surface area (Å²) < 4.78 is 13.6. The maximum absolute atomic E-state index is 13.6. The van der Waals surface area contributed by atoms with Crippen molar-refractivity contribution in [2.45, 2.75) is 0 Å². The van der Waals surface area contributed by atoms with Crippen LogP contribution < -0.4 is 11.1 Å². The molecule has 0 unspecified atom stereocenters. The molecule has 0 radical (unpaired) electrons. The van der Waals surface area contributed by atoms with E-state index in [2.05, 4.69) is 5.32 Å². The van der Waals surface area contributed by atoms with Crippen LogP contribution in [0, 0.1) is 15.9 Å². The Kier molecular flexibility index (Phi) is 5.73. The van der Waals surface area contributed by atoms with Gasteiger partial charge in [0.1, 0.15) is 11.5 Å². The Morgan fingerprint density at radius 3 is 2.62 bits per heavy atom. The Bertz CT molecular complexity index is 891. The zero-order chi connectivity index (χ0) is 19.4. The number of nitro groups is 1. The highest BCUT2D eigenvalue weighted by Gasteiger charge is 2.24. The molecule has 2 aromatic rings. The van der Waals surface area contributed by atoms with Crippen LogP contribution >= 0.6 is 11.6 Å². The monoisotopic (exact) mass is 380 g/mol. The fourth-order valence-electron chi connectivity index (χ4n) is 2.18. The van der Waals surface area contributed by atoms with Crippen molar-refractivity contribution in [3.8, 4) is 0 Å². The van der Waals surface area contributed by atoms with Gasteiger partial charge in [0.25, 0.3) is 11.6 Å². The zero-order valence-electron chi connectivity index (χ0n) is 13.5. The first-order chi connectivity index (χ1) is 12.2. The molecule has 10 heteroatoms. The van der Waals surface area contributed by atoms with Crippen molar-refractivity contribution in [1.29, 1.82) is 0 Å². The van der Waals surface area contributed by atoms with E-state index in [1.54, 1.807) is 24.3 Å². The van der Waals surface area contributed by atoms with Crippen molar-refractivity contribution < 1.29 is 18.9 Å². The van der Waals surface area contributed by atoms with E-state index in [1.165, 1.54) is 7.05 Å². The molecule has 136 valence electrons. The lowest BCUT2D eigenvalue weighted by Gasteiger charge is -2.18. The van der Waals surface area contributed by atoms with Crippen molar-refractivity contribution in [3.63, 3.8) is 0 Å². The minimum atomic E-state index is -0.983. The minimum Gasteiger partial charge on any atom is -0.393 e. The van der Waals surface area contributed by atoms with Crippen molar-refractivity contribution >= 4 is 40.5 Å². The first-order valence-corrected chi connectivity index (χ1v) is 7.61. The second kappa shape index (κ2) is 7.79. The molecule has 2 aromatic carbocycles. The van der Waals surface area contributed by atoms with Gasteiger partial charge in [-0.05, 0) is 18.2 Å². The first kappa shape index (κ1) is 19.1. The minimum absolute atomic E-state index is 0.319. The van der Waals surface area contributed by atoms with Gasteiger partial charge in [-0.1, -0.05) is 23.7 Å². The average Bonchev–Trinajstić information content (AvgIpc) is 2.57. The van der Waals surface area contributed by atoms with E-state index in [9.17, 15) is 24.1 Å². The number of para-hydroxylation sites is 1. The van der Waals surface area contributed by atoms with E-state index in [4.69, 9.17) is 17.3 Å².